The Bertz CT molecular complexity index is 437. The van der Waals surface area contributed by atoms with Crippen LogP contribution in [0.1, 0.15) is 0 Å². The second-order valence-electron chi connectivity index (χ2n) is 2.16. The zero-order valence-corrected chi connectivity index (χ0v) is 5.76. The molecule has 0 fully saturated rings. The van der Waals surface area contributed by atoms with Gasteiger partial charge in [0.25, 0.3) is 0 Å². The number of benzene rings is 1. The largest absolute Gasteiger partial charge is 0.505 e. The summed E-state index contributed by atoms with van der Waals surface area (Å²) in [6.45, 7) is 0. The highest BCUT2D eigenvalue weighted by molar-refractivity contribution is 5.88. The van der Waals surface area contributed by atoms with E-state index in [4.69, 9.17) is 5.11 Å². The molecule has 1 N–H and O–H groups in total. The van der Waals surface area contributed by atoms with Gasteiger partial charge in [0.05, 0.1) is 0 Å². The minimum atomic E-state index is -0.229. The van der Waals surface area contributed by atoms with Gasteiger partial charge in [0.15, 0.2) is 11.2 Å². The molecular weight excluding hydrogens is 162 g/mol. The van der Waals surface area contributed by atoms with Crippen LogP contribution in [0.3, 0.4) is 0 Å². The van der Waals surface area contributed by atoms with Crippen LogP contribution < -0.4 is 0 Å². The van der Waals surface area contributed by atoms with Gasteiger partial charge in [-0.25, -0.2) is 4.63 Å². The fourth-order valence-electron chi connectivity index (χ4n) is 0.917. The quantitative estimate of drug-likeness (QED) is 0.643. The second kappa shape index (κ2) is 2.26. The first kappa shape index (κ1) is 6.71. The van der Waals surface area contributed by atoms with Crippen molar-refractivity contribution >= 4 is 16.7 Å². The Hall–Kier alpha value is -1.98. The van der Waals surface area contributed by atoms with Crippen molar-refractivity contribution in [1.82, 2.24) is 10.3 Å². The lowest BCUT2D eigenvalue weighted by Gasteiger charge is -1.91. The van der Waals surface area contributed by atoms with Crippen LogP contribution in [0.4, 0.5) is 5.69 Å². The van der Waals surface area contributed by atoms with Gasteiger partial charge in [0, 0.05) is 0 Å². The Morgan fingerprint density at radius 1 is 1.42 bits per heavy atom. The molecule has 0 aliphatic rings. The van der Waals surface area contributed by atoms with Crippen LogP contribution in [0.5, 0.6) is 5.75 Å². The van der Waals surface area contributed by atoms with Gasteiger partial charge in [-0.1, -0.05) is 0 Å². The Balaban J connectivity index is 2.91. The lowest BCUT2D eigenvalue weighted by molar-refractivity contribution is 0.315. The number of hydrogen-bond donors (Lipinski definition) is 1. The van der Waals surface area contributed by atoms with Crippen molar-refractivity contribution in [2.24, 2.45) is 5.18 Å². The van der Waals surface area contributed by atoms with E-state index >= 15 is 0 Å². The normalized spacial score (nSPS) is 10.3. The molecule has 0 aliphatic heterocycles. The van der Waals surface area contributed by atoms with Gasteiger partial charge in [0.2, 0.25) is 0 Å². The summed E-state index contributed by atoms with van der Waals surface area (Å²) in [5.74, 6) is -0.229. The van der Waals surface area contributed by atoms with E-state index in [0.29, 0.717) is 5.52 Å². The summed E-state index contributed by atoms with van der Waals surface area (Å²) in [6.07, 6.45) is 0. The van der Waals surface area contributed by atoms with Crippen LogP contribution in [-0.2, 0) is 0 Å². The third kappa shape index (κ3) is 0.746. The predicted molar refractivity (Wildman–Crippen MR) is 38.9 cm³/mol. The van der Waals surface area contributed by atoms with Crippen molar-refractivity contribution in [3.8, 4) is 5.75 Å². The Morgan fingerprint density at radius 2 is 2.25 bits per heavy atom. The molecule has 1 heterocycles. The summed E-state index contributed by atoms with van der Waals surface area (Å²) < 4.78 is 4.35. The molecule has 1 aromatic heterocycles. The number of nitrogens with zero attached hydrogens (tertiary/aromatic N) is 3. The van der Waals surface area contributed by atoms with Crippen molar-refractivity contribution < 1.29 is 9.74 Å². The molecular formula is C6H3N3O3. The molecule has 0 unspecified atom stereocenters. The molecule has 60 valence electrons. The van der Waals surface area contributed by atoms with E-state index in [0.717, 1.165) is 0 Å². The first-order valence-electron chi connectivity index (χ1n) is 3.10. The zero-order valence-electron chi connectivity index (χ0n) is 5.76. The molecule has 0 atom stereocenters. The summed E-state index contributed by atoms with van der Waals surface area (Å²) in [4.78, 5) is 10.2. The van der Waals surface area contributed by atoms with E-state index in [9.17, 15) is 4.91 Å². The standard InChI is InChI=1S/C6H3N3O3/c10-4-2-1-3-5(6(4)7-11)9-12-8-3/h1-2,10H. The van der Waals surface area contributed by atoms with E-state index < -0.39 is 0 Å². The number of fused-ring (bicyclic) bond motifs is 1. The van der Waals surface area contributed by atoms with Crippen molar-refractivity contribution in [1.29, 1.82) is 0 Å². The summed E-state index contributed by atoms with van der Waals surface area (Å²) in [7, 11) is 0. The third-order valence-electron chi connectivity index (χ3n) is 1.47. The predicted octanol–water partition coefficient (Wildman–Crippen LogP) is 1.33. The molecule has 6 nitrogen and oxygen atoms in total. The van der Waals surface area contributed by atoms with Gasteiger partial charge in [-0.3, -0.25) is 0 Å². The van der Waals surface area contributed by atoms with Crippen molar-refractivity contribution in [3.63, 3.8) is 0 Å². The molecule has 6 heteroatoms. The zero-order chi connectivity index (χ0) is 8.55. The van der Waals surface area contributed by atoms with E-state index in [1.54, 1.807) is 0 Å². The smallest absolute Gasteiger partial charge is 0.181 e. The lowest BCUT2D eigenvalue weighted by atomic mass is 10.2. The molecule has 2 rings (SSSR count). The fraction of sp³-hybridized carbons (Fsp3) is 0. The number of rotatable bonds is 1. The van der Waals surface area contributed by atoms with E-state index in [1.807, 2.05) is 0 Å². The summed E-state index contributed by atoms with van der Waals surface area (Å²) in [5, 5.41) is 18.6. The minimum Gasteiger partial charge on any atom is -0.505 e. The van der Waals surface area contributed by atoms with Crippen LogP contribution in [0.25, 0.3) is 11.0 Å². The molecule has 0 spiro atoms. The van der Waals surface area contributed by atoms with Crippen molar-refractivity contribution in [3.05, 3.63) is 17.0 Å². The Labute approximate surface area is 65.7 Å². The van der Waals surface area contributed by atoms with Gasteiger partial charge in [-0.2, -0.15) is 0 Å². The van der Waals surface area contributed by atoms with Crippen LogP contribution in [0.2, 0.25) is 0 Å². The van der Waals surface area contributed by atoms with Crippen LogP contribution in [-0.4, -0.2) is 15.4 Å². The maximum atomic E-state index is 10.2. The monoisotopic (exact) mass is 165 g/mol. The second-order valence-corrected chi connectivity index (χ2v) is 2.16. The van der Waals surface area contributed by atoms with Crippen LogP contribution in [0.15, 0.2) is 21.9 Å². The Kier molecular flexibility index (Phi) is 1.26. The van der Waals surface area contributed by atoms with Gasteiger partial charge < -0.3 is 5.11 Å². The van der Waals surface area contributed by atoms with Crippen LogP contribution >= 0.6 is 0 Å². The highest BCUT2D eigenvalue weighted by atomic mass is 16.6. The SMILES string of the molecule is O=Nc1c(O)ccc2nonc12. The molecule has 1 aromatic carbocycles. The summed E-state index contributed by atoms with van der Waals surface area (Å²) >= 11 is 0. The highest BCUT2D eigenvalue weighted by Gasteiger charge is 2.11. The van der Waals surface area contributed by atoms with Gasteiger partial charge in [0.1, 0.15) is 11.3 Å². The molecule has 0 saturated carbocycles. The molecule has 2 aromatic rings. The summed E-state index contributed by atoms with van der Waals surface area (Å²) in [6, 6.07) is 2.79. The first-order chi connectivity index (χ1) is 5.83. The van der Waals surface area contributed by atoms with Gasteiger partial charge in [-0.15, -0.1) is 4.91 Å². The number of hydrogen-bond acceptors (Lipinski definition) is 6. The molecule has 0 amide bonds. The number of aromatic hydroxyl groups is 1. The summed E-state index contributed by atoms with van der Waals surface area (Å²) in [5.41, 5.74) is 0.418. The molecule has 0 aliphatic carbocycles. The van der Waals surface area contributed by atoms with Gasteiger partial charge in [-0.05, 0) is 27.6 Å². The average Bonchev–Trinajstić information content (AvgIpc) is 2.52. The van der Waals surface area contributed by atoms with E-state index in [2.05, 4.69) is 20.1 Å². The minimum absolute atomic E-state index is 0.145. The van der Waals surface area contributed by atoms with E-state index in [-0.39, 0.29) is 17.0 Å². The maximum absolute atomic E-state index is 10.2. The van der Waals surface area contributed by atoms with Gasteiger partial charge >= 0.3 is 0 Å². The number of nitroso groups, excluding NO2 is 1. The highest BCUT2D eigenvalue weighted by Crippen LogP contribution is 2.32. The lowest BCUT2D eigenvalue weighted by Crippen LogP contribution is -1.72. The van der Waals surface area contributed by atoms with E-state index in [1.165, 1.54) is 12.1 Å². The molecule has 0 saturated heterocycles. The molecule has 0 bridgehead atoms. The average molecular weight is 165 g/mol. The third-order valence-corrected chi connectivity index (χ3v) is 1.47. The number of phenols is 1. The topological polar surface area (TPSA) is 88.6 Å². The fourth-order valence-corrected chi connectivity index (χ4v) is 0.917. The molecule has 0 radical (unpaired) electrons. The Morgan fingerprint density at radius 3 is 3.00 bits per heavy atom. The van der Waals surface area contributed by atoms with Crippen molar-refractivity contribution in [2.45, 2.75) is 0 Å². The maximum Gasteiger partial charge on any atom is 0.181 e. The first-order valence-corrected chi connectivity index (χ1v) is 3.10. The number of aromatic nitrogens is 2. The van der Waals surface area contributed by atoms with Crippen LogP contribution in [0, 0.1) is 4.91 Å². The van der Waals surface area contributed by atoms with Crippen molar-refractivity contribution in [2.75, 3.05) is 0 Å². The molecule has 12 heavy (non-hydrogen) atoms. The number of phenolic OH excluding ortho intramolecular Hbond substituents is 1.